The van der Waals surface area contributed by atoms with Gasteiger partial charge in [-0.05, 0) is 24.3 Å². The molecular weight excluding hydrogens is 317 g/mol. The van der Waals surface area contributed by atoms with E-state index in [-0.39, 0.29) is 12.3 Å². The van der Waals surface area contributed by atoms with Crippen molar-refractivity contribution in [3.8, 4) is 11.5 Å². The minimum absolute atomic E-state index is 0.00915. The van der Waals surface area contributed by atoms with Crippen molar-refractivity contribution >= 4 is 17.6 Å². The van der Waals surface area contributed by atoms with Crippen LogP contribution < -0.4 is 14.8 Å². The Balaban J connectivity index is 1.51. The number of halogens is 1. The second-order valence-electron chi connectivity index (χ2n) is 5.00. The fraction of sp³-hybridized carbons (Fsp3) is 0.176. The van der Waals surface area contributed by atoms with Crippen LogP contribution in [0.1, 0.15) is 0 Å². The lowest BCUT2D eigenvalue weighted by atomic mass is 10.2. The van der Waals surface area contributed by atoms with Gasteiger partial charge in [0.05, 0.1) is 5.69 Å². The van der Waals surface area contributed by atoms with Crippen molar-refractivity contribution in [3.05, 3.63) is 54.3 Å². The third kappa shape index (κ3) is 3.62. The standard InChI is InChI=1S/C17H14FNO5/c18-11-5-1-2-6-12(11)19-16(20)10-23-17(21)15-9-22-13-7-3-4-8-14(13)24-15/h1-8,15H,9-10H2,(H,19,20)/t15-/m1/s1. The van der Waals surface area contributed by atoms with Crippen LogP contribution in [0.3, 0.4) is 0 Å². The van der Waals surface area contributed by atoms with Crippen molar-refractivity contribution in [3.63, 3.8) is 0 Å². The number of benzene rings is 2. The molecule has 1 amide bonds. The Bertz CT molecular complexity index is 764. The molecule has 0 spiro atoms. The molecule has 1 atom stereocenters. The second-order valence-corrected chi connectivity index (χ2v) is 5.00. The minimum Gasteiger partial charge on any atom is -0.485 e. The van der Waals surface area contributed by atoms with E-state index < -0.39 is 30.4 Å². The molecule has 0 aliphatic carbocycles. The molecule has 1 N–H and O–H groups in total. The highest BCUT2D eigenvalue weighted by atomic mass is 19.1. The molecule has 0 fully saturated rings. The molecular formula is C17H14FNO5. The number of fused-ring (bicyclic) bond motifs is 1. The number of carbonyl (C=O) groups excluding carboxylic acids is 2. The summed E-state index contributed by atoms with van der Waals surface area (Å²) in [7, 11) is 0. The Morgan fingerprint density at radius 2 is 1.83 bits per heavy atom. The van der Waals surface area contributed by atoms with Crippen LogP contribution in [-0.2, 0) is 14.3 Å². The average molecular weight is 331 g/mol. The van der Waals surface area contributed by atoms with Crippen LogP contribution in [0.25, 0.3) is 0 Å². The highest BCUT2D eigenvalue weighted by molar-refractivity contribution is 5.93. The van der Waals surface area contributed by atoms with Crippen molar-refractivity contribution in [1.29, 1.82) is 0 Å². The van der Waals surface area contributed by atoms with Crippen LogP contribution in [0.4, 0.5) is 10.1 Å². The predicted molar refractivity (Wildman–Crippen MR) is 82.3 cm³/mol. The Labute approximate surface area is 137 Å². The molecule has 2 aromatic rings. The predicted octanol–water partition coefficient (Wildman–Crippen LogP) is 2.15. The van der Waals surface area contributed by atoms with E-state index in [2.05, 4.69) is 5.32 Å². The number of hydrogen-bond donors (Lipinski definition) is 1. The van der Waals surface area contributed by atoms with E-state index in [1.807, 2.05) is 0 Å². The molecule has 0 aromatic heterocycles. The third-order valence-corrected chi connectivity index (χ3v) is 3.26. The van der Waals surface area contributed by atoms with Crippen molar-refractivity contribution in [2.45, 2.75) is 6.10 Å². The summed E-state index contributed by atoms with van der Waals surface area (Å²) in [6, 6.07) is 12.6. The van der Waals surface area contributed by atoms with E-state index in [9.17, 15) is 14.0 Å². The molecule has 0 radical (unpaired) electrons. The molecule has 0 saturated carbocycles. The molecule has 1 aliphatic heterocycles. The monoisotopic (exact) mass is 331 g/mol. The van der Waals surface area contributed by atoms with Gasteiger partial charge in [-0.1, -0.05) is 24.3 Å². The maximum absolute atomic E-state index is 13.4. The number of para-hydroxylation sites is 3. The fourth-order valence-electron chi connectivity index (χ4n) is 2.11. The van der Waals surface area contributed by atoms with Crippen LogP contribution in [0, 0.1) is 5.82 Å². The molecule has 124 valence electrons. The summed E-state index contributed by atoms with van der Waals surface area (Å²) in [5.41, 5.74) is 0.0183. The fourth-order valence-corrected chi connectivity index (χ4v) is 2.11. The number of rotatable bonds is 4. The maximum atomic E-state index is 13.4. The number of carbonyl (C=O) groups is 2. The van der Waals surface area contributed by atoms with Gasteiger partial charge in [-0.3, -0.25) is 4.79 Å². The normalized spacial score (nSPS) is 15.5. The van der Waals surface area contributed by atoms with Gasteiger partial charge in [-0.2, -0.15) is 0 Å². The van der Waals surface area contributed by atoms with Gasteiger partial charge in [0.15, 0.2) is 18.1 Å². The molecule has 7 heteroatoms. The first-order valence-electron chi connectivity index (χ1n) is 7.23. The van der Waals surface area contributed by atoms with E-state index in [1.165, 1.54) is 18.2 Å². The van der Waals surface area contributed by atoms with Gasteiger partial charge in [0.1, 0.15) is 12.4 Å². The summed E-state index contributed by atoms with van der Waals surface area (Å²) in [5, 5.41) is 2.32. The molecule has 3 rings (SSSR count). The summed E-state index contributed by atoms with van der Waals surface area (Å²) in [5.74, 6) is -0.975. The number of ether oxygens (including phenoxy) is 3. The van der Waals surface area contributed by atoms with Crippen molar-refractivity contribution in [2.24, 2.45) is 0 Å². The zero-order valence-corrected chi connectivity index (χ0v) is 12.5. The van der Waals surface area contributed by atoms with Gasteiger partial charge in [-0.15, -0.1) is 0 Å². The smallest absolute Gasteiger partial charge is 0.351 e. The quantitative estimate of drug-likeness (QED) is 0.869. The minimum atomic E-state index is -0.957. The summed E-state index contributed by atoms with van der Waals surface area (Å²) < 4.78 is 29.2. The lowest BCUT2D eigenvalue weighted by molar-refractivity contribution is -0.156. The van der Waals surface area contributed by atoms with E-state index in [0.29, 0.717) is 11.5 Å². The maximum Gasteiger partial charge on any atom is 0.351 e. The van der Waals surface area contributed by atoms with E-state index in [1.54, 1.807) is 30.3 Å². The molecule has 0 bridgehead atoms. The number of esters is 1. The van der Waals surface area contributed by atoms with Crippen molar-refractivity contribution in [2.75, 3.05) is 18.5 Å². The van der Waals surface area contributed by atoms with Crippen LogP contribution in [0.2, 0.25) is 0 Å². The second kappa shape index (κ2) is 6.99. The lowest BCUT2D eigenvalue weighted by Crippen LogP contribution is -2.39. The number of amides is 1. The van der Waals surface area contributed by atoms with Gasteiger partial charge in [-0.25, -0.2) is 9.18 Å². The largest absolute Gasteiger partial charge is 0.485 e. The van der Waals surface area contributed by atoms with Gasteiger partial charge in [0.25, 0.3) is 5.91 Å². The van der Waals surface area contributed by atoms with Gasteiger partial charge in [0.2, 0.25) is 6.10 Å². The average Bonchev–Trinajstić information content (AvgIpc) is 2.61. The number of hydrogen-bond acceptors (Lipinski definition) is 5. The first-order valence-corrected chi connectivity index (χ1v) is 7.23. The summed E-state index contributed by atoms with van der Waals surface area (Å²) >= 11 is 0. The molecule has 1 heterocycles. The van der Waals surface area contributed by atoms with Crippen LogP contribution in [0.5, 0.6) is 11.5 Å². The van der Waals surface area contributed by atoms with Gasteiger partial charge < -0.3 is 19.5 Å². The third-order valence-electron chi connectivity index (χ3n) is 3.26. The molecule has 2 aromatic carbocycles. The highest BCUT2D eigenvalue weighted by Gasteiger charge is 2.29. The SMILES string of the molecule is O=C(COC(=O)[C@H]1COc2ccccc2O1)Nc1ccccc1F. The Morgan fingerprint density at radius 3 is 2.62 bits per heavy atom. The van der Waals surface area contributed by atoms with Gasteiger partial charge >= 0.3 is 5.97 Å². The summed E-state index contributed by atoms with van der Waals surface area (Å²) in [4.78, 5) is 23.7. The molecule has 0 unspecified atom stereocenters. The zero-order chi connectivity index (χ0) is 16.9. The van der Waals surface area contributed by atoms with E-state index >= 15 is 0 Å². The Morgan fingerprint density at radius 1 is 1.12 bits per heavy atom. The Kier molecular flexibility index (Phi) is 4.60. The first-order chi connectivity index (χ1) is 11.6. The molecule has 24 heavy (non-hydrogen) atoms. The number of nitrogens with one attached hydrogen (secondary N) is 1. The van der Waals surface area contributed by atoms with Crippen molar-refractivity contribution < 1.29 is 28.2 Å². The van der Waals surface area contributed by atoms with Gasteiger partial charge in [0, 0.05) is 0 Å². The molecule has 1 aliphatic rings. The summed E-state index contributed by atoms with van der Waals surface area (Å²) in [6.07, 6.45) is -0.957. The number of anilines is 1. The van der Waals surface area contributed by atoms with Crippen LogP contribution >= 0.6 is 0 Å². The van der Waals surface area contributed by atoms with Crippen LogP contribution in [0.15, 0.2) is 48.5 Å². The lowest BCUT2D eigenvalue weighted by Gasteiger charge is -2.24. The molecule has 6 nitrogen and oxygen atoms in total. The highest BCUT2D eigenvalue weighted by Crippen LogP contribution is 2.31. The van der Waals surface area contributed by atoms with E-state index in [0.717, 1.165) is 0 Å². The topological polar surface area (TPSA) is 73.9 Å². The van der Waals surface area contributed by atoms with Crippen LogP contribution in [-0.4, -0.2) is 31.2 Å². The first kappa shape index (κ1) is 15.8. The molecule has 0 saturated heterocycles. The van der Waals surface area contributed by atoms with E-state index in [4.69, 9.17) is 14.2 Å². The van der Waals surface area contributed by atoms with Crippen molar-refractivity contribution in [1.82, 2.24) is 0 Å². The zero-order valence-electron chi connectivity index (χ0n) is 12.5. The Hall–Kier alpha value is -3.09. The summed E-state index contributed by atoms with van der Waals surface area (Å²) in [6.45, 7) is -0.556.